The zero-order valence-electron chi connectivity index (χ0n) is 16.5. The molecule has 4 aromatic rings. The molecule has 0 saturated heterocycles. The van der Waals surface area contributed by atoms with Crippen molar-refractivity contribution in [3.8, 4) is 16.3 Å². The predicted octanol–water partition coefficient (Wildman–Crippen LogP) is 4.95. The summed E-state index contributed by atoms with van der Waals surface area (Å²) in [6.07, 6.45) is 0. The molecule has 0 radical (unpaired) electrons. The third kappa shape index (κ3) is 3.88. The number of nitrogens with zero attached hydrogens (tertiary/aromatic N) is 2. The molecule has 0 saturated carbocycles. The third-order valence-corrected chi connectivity index (χ3v) is 5.52. The van der Waals surface area contributed by atoms with Gasteiger partial charge in [-0.05, 0) is 54.3 Å². The summed E-state index contributed by atoms with van der Waals surface area (Å²) in [5, 5.41) is 9.54. The summed E-state index contributed by atoms with van der Waals surface area (Å²) in [6, 6.07) is 20.2. The standard InChI is InChI=1S/C23H19N3O3S/c1-15-10-11-16(23(28)29-2)13-18(15)24-22(27)20-14-19(21-9-6-12-30-21)25-26(20)17-7-4-3-5-8-17/h3-14H,1-2H3,(H,24,27). The van der Waals surface area contributed by atoms with Gasteiger partial charge >= 0.3 is 5.97 Å². The zero-order chi connectivity index (χ0) is 21.1. The second-order valence-corrected chi connectivity index (χ2v) is 7.56. The fourth-order valence-corrected chi connectivity index (χ4v) is 3.72. The number of para-hydroxylation sites is 1. The van der Waals surface area contributed by atoms with Gasteiger partial charge in [0.25, 0.3) is 5.91 Å². The fourth-order valence-electron chi connectivity index (χ4n) is 3.04. The number of anilines is 1. The predicted molar refractivity (Wildman–Crippen MR) is 117 cm³/mol. The molecular weight excluding hydrogens is 398 g/mol. The van der Waals surface area contributed by atoms with Crippen molar-refractivity contribution in [2.75, 3.05) is 12.4 Å². The fraction of sp³-hybridized carbons (Fsp3) is 0.0870. The van der Waals surface area contributed by atoms with Crippen LogP contribution in [-0.4, -0.2) is 28.8 Å². The van der Waals surface area contributed by atoms with Crippen LogP contribution < -0.4 is 5.32 Å². The third-order valence-electron chi connectivity index (χ3n) is 4.62. The Morgan fingerprint density at radius 3 is 2.53 bits per heavy atom. The molecule has 2 aromatic heterocycles. The Morgan fingerprint density at radius 1 is 1.03 bits per heavy atom. The smallest absolute Gasteiger partial charge is 0.337 e. The molecule has 1 amide bonds. The Hall–Kier alpha value is -3.71. The van der Waals surface area contributed by atoms with Crippen molar-refractivity contribution < 1.29 is 14.3 Å². The van der Waals surface area contributed by atoms with E-state index in [4.69, 9.17) is 4.74 Å². The summed E-state index contributed by atoms with van der Waals surface area (Å²) in [5.74, 6) is -0.779. The van der Waals surface area contributed by atoms with Crippen LogP contribution in [0, 0.1) is 6.92 Å². The molecule has 0 aliphatic carbocycles. The minimum absolute atomic E-state index is 0.320. The van der Waals surface area contributed by atoms with Gasteiger partial charge in [0.05, 0.1) is 23.2 Å². The van der Waals surface area contributed by atoms with E-state index in [1.807, 2.05) is 54.8 Å². The van der Waals surface area contributed by atoms with Gasteiger partial charge in [0, 0.05) is 5.69 Å². The first-order valence-electron chi connectivity index (χ1n) is 9.26. The summed E-state index contributed by atoms with van der Waals surface area (Å²) in [5.41, 5.74) is 3.65. The van der Waals surface area contributed by atoms with Gasteiger partial charge in [0.2, 0.25) is 0 Å². The van der Waals surface area contributed by atoms with Gasteiger partial charge < -0.3 is 10.1 Å². The molecule has 1 N–H and O–H groups in total. The van der Waals surface area contributed by atoms with Gasteiger partial charge in [0.1, 0.15) is 11.4 Å². The lowest BCUT2D eigenvalue weighted by Gasteiger charge is -2.11. The first kappa shape index (κ1) is 19.6. The molecule has 0 aliphatic heterocycles. The molecule has 0 unspecified atom stereocenters. The maximum Gasteiger partial charge on any atom is 0.337 e. The second kappa shape index (κ2) is 8.34. The van der Waals surface area contributed by atoms with Gasteiger partial charge in [-0.25, -0.2) is 9.48 Å². The number of amides is 1. The van der Waals surface area contributed by atoms with E-state index in [-0.39, 0.29) is 5.91 Å². The number of ether oxygens (including phenoxy) is 1. The quantitative estimate of drug-likeness (QED) is 0.467. The second-order valence-electron chi connectivity index (χ2n) is 6.61. The van der Waals surface area contributed by atoms with Gasteiger partial charge in [-0.3, -0.25) is 4.79 Å². The van der Waals surface area contributed by atoms with Crippen LogP contribution in [0.5, 0.6) is 0 Å². The van der Waals surface area contributed by atoms with E-state index in [9.17, 15) is 9.59 Å². The highest BCUT2D eigenvalue weighted by atomic mass is 32.1. The van der Waals surface area contributed by atoms with Crippen LogP contribution in [0.3, 0.4) is 0 Å². The Balaban J connectivity index is 1.73. The minimum Gasteiger partial charge on any atom is -0.465 e. The first-order valence-corrected chi connectivity index (χ1v) is 10.1. The molecular formula is C23H19N3O3S. The van der Waals surface area contributed by atoms with Crippen LogP contribution >= 0.6 is 11.3 Å². The lowest BCUT2D eigenvalue weighted by molar-refractivity contribution is 0.0600. The number of methoxy groups -OCH3 is 1. The number of carbonyl (C=O) groups excluding carboxylic acids is 2. The van der Waals surface area contributed by atoms with E-state index in [1.165, 1.54) is 7.11 Å². The molecule has 150 valence electrons. The monoisotopic (exact) mass is 417 g/mol. The lowest BCUT2D eigenvalue weighted by atomic mass is 10.1. The zero-order valence-corrected chi connectivity index (χ0v) is 17.3. The number of thiophene rings is 1. The van der Waals surface area contributed by atoms with Crippen molar-refractivity contribution in [3.05, 3.63) is 88.9 Å². The Labute approximate surface area is 177 Å². The summed E-state index contributed by atoms with van der Waals surface area (Å²) < 4.78 is 6.41. The van der Waals surface area contributed by atoms with E-state index in [2.05, 4.69) is 10.4 Å². The number of esters is 1. The number of aromatic nitrogens is 2. The van der Waals surface area contributed by atoms with Crippen LogP contribution in [0.2, 0.25) is 0 Å². The molecule has 2 heterocycles. The summed E-state index contributed by atoms with van der Waals surface area (Å²) in [6.45, 7) is 1.86. The summed E-state index contributed by atoms with van der Waals surface area (Å²) in [7, 11) is 1.32. The number of rotatable bonds is 5. The van der Waals surface area contributed by atoms with Gasteiger partial charge in [0.15, 0.2) is 0 Å². The van der Waals surface area contributed by atoms with E-state index in [1.54, 1.807) is 40.3 Å². The van der Waals surface area contributed by atoms with Crippen molar-refractivity contribution in [1.29, 1.82) is 0 Å². The normalized spacial score (nSPS) is 10.6. The summed E-state index contributed by atoms with van der Waals surface area (Å²) >= 11 is 1.56. The van der Waals surface area contributed by atoms with Crippen molar-refractivity contribution in [2.45, 2.75) is 6.92 Å². The number of hydrogen-bond donors (Lipinski definition) is 1. The number of hydrogen-bond acceptors (Lipinski definition) is 5. The van der Waals surface area contributed by atoms with Crippen LogP contribution in [0.25, 0.3) is 16.3 Å². The molecule has 0 bridgehead atoms. The number of carbonyl (C=O) groups is 2. The number of benzene rings is 2. The molecule has 0 fully saturated rings. The Morgan fingerprint density at radius 2 is 1.83 bits per heavy atom. The van der Waals surface area contributed by atoms with Crippen molar-refractivity contribution in [2.24, 2.45) is 0 Å². The maximum atomic E-state index is 13.2. The topological polar surface area (TPSA) is 73.2 Å². The van der Waals surface area contributed by atoms with Gasteiger partial charge in [-0.2, -0.15) is 5.10 Å². The molecule has 7 heteroatoms. The molecule has 0 spiro atoms. The lowest BCUT2D eigenvalue weighted by Crippen LogP contribution is -2.18. The highest BCUT2D eigenvalue weighted by molar-refractivity contribution is 7.13. The van der Waals surface area contributed by atoms with Gasteiger partial charge in [-0.15, -0.1) is 11.3 Å². The largest absolute Gasteiger partial charge is 0.465 e. The highest BCUT2D eigenvalue weighted by Gasteiger charge is 2.19. The van der Waals surface area contributed by atoms with Crippen molar-refractivity contribution in [3.63, 3.8) is 0 Å². The van der Waals surface area contributed by atoms with Crippen molar-refractivity contribution in [1.82, 2.24) is 9.78 Å². The summed E-state index contributed by atoms with van der Waals surface area (Å²) in [4.78, 5) is 26.0. The molecule has 0 atom stereocenters. The molecule has 30 heavy (non-hydrogen) atoms. The first-order chi connectivity index (χ1) is 14.6. The van der Waals surface area contributed by atoms with E-state index in [0.717, 1.165) is 21.8 Å². The maximum absolute atomic E-state index is 13.2. The Kier molecular flexibility index (Phi) is 5.45. The van der Waals surface area contributed by atoms with Crippen LogP contribution in [0.1, 0.15) is 26.4 Å². The van der Waals surface area contributed by atoms with Gasteiger partial charge in [-0.1, -0.05) is 30.3 Å². The minimum atomic E-state index is -0.459. The average molecular weight is 417 g/mol. The average Bonchev–Trinajstić information content (AvgIpc) is 3.45. The molecule has 2 aromatic carbocycles. The number of nitrogens with one attached hydrogen (secondary N) is 1. The van der Waals surface area contributed by atoms with Crippen LogP contribution in [0.15, 0.2) is 72.1 Å². The molecule has 4 rings (SSSR count). The van der Waals surface area contributed by atoms with E-state index >= 15 is 0 Å². The Bertz CT molecular complexity index is 1200. The van der Waals surface area contributed by atoms with Crippen LogP contribution in [-0.2, 0) is 4.74 Å². The van der Waals surface area contributed by atoms with E-state index in [0.29, 0.717) is 16.9 Å². The van der Waals surface area contributed by atoms with E-state index < -0.39 is 5.97 Å². The SMILES string of the molecule is COC(=O)c1ccc(C)c(NC(=O)c2cc(-c3cccs3)nn2-c2ccccc2)c1. The molecule has 0 aliphatic rings. The molecule has 6 nitrogen and oxygen atoms in total. The highest BCUT2D eigenvalue weighted by Crippen LogP contribution is 2.27. The number of aryl methyl sites for hydroxylation is 1. The van der Waals surface area contributed by atoms with Crippen LogP contribution in [0.4, 0.5) is 5.69 Å². The van der Waals surface area contributed by atoms with Crippen molar-refractivity contribution >= 4 is 28.9 Å².